The third-order valence-electron chi connectivity index (χ3n) is 3.88. The highest BCUT2D eigenvalue weighted by Gasteiger charge is 2.17. The monoisotopic (exact) mass is 302 g/mol. The molecule has 1 amide bonds. The van der Waals surface area contributed by atoms with Crippen LogP contribution >= 0.6 is 0 Å². The molecule has 5 nitrogen and oxygen atoms in total. The van der Waals surface area contributed by atoms with Crippen molar-refractivity contribution >= 4 is 5.91 Å². The lowest BCUT2D eigenvalue weighted by Gasteiger charge is -2.22. The van der Waals surface area contributed by atoms with E-state index in [9.17, 15) is 9.18 Å². The summed E-state index contributed by atoms with van der Waals surface area (Å²) in [6.45, 7) is 2.30. The molecular formula is C16H19FN4O. The highest BCUT2D eigenvalue weighted by molar-refractivity contribution is 5.93. The van der Waals surface area contributed by atoms with Crippen LogP contribution in [0.2, 0.25) is 0 Å². The third kappa shape index (κ3) is 3.51. The fourth-order valence-electron chi connectivity index (χ4n) is 2.60. The topological polar surface area (TPSA) is 59.0 Å². The summed E-state index contributed by atoms with van der Waals surface area (Å²) in [5, 5.41) is 10.4. The van der Waals surface area contributed by atoms with Crippen molar-refractivity contribution in [2.45, 2.75) is 25.4 Å². The fourth-order valence-corrected chi connectivity index (χ4v) is 2.60. The van der Waals surface area contributed by atoms with Crippen LogP contribution in [0.4, 0.5) is 4.39 Å². The molecule has 0 spiro atoms. The Kier molecular flexibility index (Phi) is 4.48. The molecule has 1 aliphatic rings. The van der Waals surface area contributed by atoms with E-state index in [2.05, 4.69) is 15.7 Å². The number of carbonyl (C=O) groups is 1. The Morgan fingerprint density at radius 1 is 1.41 bits per heavy atom. The maximum Gasteiger partial charge on any atom is 0.254 e. The van der Waals surface area contributed by atoms with Gasteiger partial charge in [-0.3, -0.25) is 9.48 Å². The first-order valence-corrected chi connectivity index (χ1v) is 7.50. The molecule has 6 heteroatoms. The van der Waals surface area contributed by atoms with E-state index >= 15 is 0 Å². The van der Waals surface area contributed by atoms with Crippen molar-refractivity contribution in [3.63, 3.8) is 0 Å². The summed E-state index contributed by atoms with van der Waals surface area (Å²) in [5.41, 5.74) is 1.41. The van der Waals surface area contributed by atoms with Crippen molar-refractivity contribution < 1.29 is 9.18 Å². The van der Waals surface area contributed by atoms with Gasteiger partial charge in [-0.1, -0.05) is 12.1 Å². The van der Waals surface area contributed by atoms with E-state index < -0.39 is 0 Å². The molecule has 2 heterocycles. The Hall–Kier alpha value is -2.21. The van der Waals surface area contributed by atoms with E-state index in [0.717, 1.165) is 31.5 Å². The van der Waals surface area contributed by atoms with Crippen LogP contribution in [-0.2, 0) is 6.54 Å². The highest BCUT2D eigenvalue weighted by atomic mass is 19.1. The number of piperidine rings is 1. The number of aromatic nitrogens is 2. The zero-order chi connectivity index (χ0) is 15.4. The third-order valence-corrected chi connectivity index (χ3v) is 3.88. The summed E-state index contributed by atoms with van der Waals surface area (Å²) in [6, 6.07) is 6.40. The quantitative estimate of drug-likeness (QED) is 0.906. The van der Waals surface area contributed by atoms with Crippen molar-refractivity contribution in [1.29, 1.82) is 0 Å². The molecule has 0 radical (unpaired) electrons. The van der Waals surface area contributed by atoms with Gasteiger partial charge in [0.25, 0.3) is 5.91 Å². The van der Waals surface area contributed by atoms with Crippen LogP contribution in [0.15, 0.2) is 36.7 Å². The van der Waals surface area contributed by atoms with Gasteiger partial charge < -0.3 is 10.6 Å². The van der Waals surface area contributed by atoms with Gasteiger partial charge in [0, 0.05) is 19.3 Å². The maximum atomic E-state index is 12.8. The van der Waals surface area contributed by atoms with Crippen LogP contribution in [0.3, 0.4) is 0 Å². The Morgan fingerprint density at radius 3 is 2.95 bits per heavy atom. The number of nitrogens with one attached hydrogen (secondary N) is 2. The van der Waals surface area contributed by atoms with E-state index in [1.165, 1.54) is 12.1 Å². The summed E-state index contributed by atoms with van der Waals surface area (Å²) in [5.74, 6) is -0.447. The number of hydrogen-bond acceptors (Lipinski definition) is 3. The average Bonchev–Trinajstić information content (AvgIpc) is 3.05. The molecule has 0 aliphatic carbocycles. The average molecular weight is 302 g/mol. The summed E-state index contributed by atoms with van der Waals surface area (Å²) >= 11 is 0. The second-order valence-electron chi connectivity index (χ2n) is 5.52. The molecule has 1 atom stereocenters. The molecule has 2 N–H and O–H groups in total. The minimum atomic E-state index is -0.280. The van der Waals surface area contributed by atoms with E-state index in [4.69, 9.17) is 0 Å². The molecular weight excluding hydrogens is 283 g/mol. The second-order valence-corrected chi connectivity index (χ2v) is 5.52. The standard InChI is InChI=1S/C16H19FN4O/c17-14-5-3-12(4-6-14)8-19-16(22)13-9-20-21(11-13)15-2-1-7-18-10-15/h3-6,9,11,15,18H,1-2,7-8,10H2,(H,19,22). The van der Waals surface area contributed by atoms with Crippen LogP contribution in [0.1, 0.15) is 34.8 Å². The maximum absolute atomic E-state index is 12.8. The Labute approximate surface area is 128 Å². The van der Waals surface area contributed by atoms with Crippen molar-refractivity contribution in [3.05, 3.63) is 53.6 Å². The molecule has 22 heavy (non-hydrogen) atoms. The van der Waals surface area contributed by atoms with Gasteiger partial charge in [-0.2, -0.15) is 5.10 Å². The number of benzene rings is 1. The highest BCUT2D eigenvalue weighted by Crippen LogP contribution is 2.16. The number of amides is 1. The first kappa shape index (κ1) is 14.7. The second kappa shape index (κ2) is 6.70. The van der Waals surface area contributed by atoms with Crippen molar-refractivity contribution in [1.82, 2.24) is 20.4 Å². The van der Waals surface area contributed by atoms with Gasteiger partial charge >= 0.3 is 0 Å². The molecule has 1 aromatic heterocycles. The molecule has 2 aromatic rings. The van der Waals surface area contributed by atoms with E-state index in [-0.39, 0.29) is 11.7 Å². The van der Waals surface area contributed by atoms with E-state index in [1.54, 1.807) is 24.5 Å². The predicted octanol–water partition coefficient (Wildman–Crippen LogP) is 1.88. The van der Waals surface area contributed by atoms with Gasteiger partial charge in [0.05, 0.1) is 17.8 Å². The van der Waals surface area contributed by atoms with E-state index in [1.807, 2.05) is 4.68 Å². The van der Waals surface area contributed by atoms with Crippen LogP contribution in [0.5, 0.6) is 0 Å². The number of nitrogens with zero attached hydrogens (tertiary/aromatic N) is 2. The zero-order valence-electron chi connectivity index (χ0n) is 12.3. The summed E-state index contributed by atoms with van der Waals surface area (Å²) in [4.78, 5) is 12.1. The van der Waals surface area contributed by atoms with Gasteiger partial charge in [-0.25, -0.2) is 4.39 Å². The molecule has 1 fully saturated rings. The normalized spacial score (nSPS) is 18.1. The summed E-state index contributed by atoms with van der Waals surface area (Å²) in [6.07, 6.45) is 5.58. The van der Waals surface area contributed by atoms with Gasteiger partial charge in [0.2, 0.25) is 0 Å². The van der Waals surface area contributed by atoms with Gasteiger partial charge in [0.1, 0.15) is 5.82 Å². The molecule has 1 unspecified atom stereocenters. The first-order chi connectivity index (χ1) is 10.7. The van der Waals surface area contributed by atoms with E-state index in [0.29, 0.717) is 18.2 Å². The molecule has 1 aliphatic heterocycles. The molecule has 116 valence electrons. The minimum Gasteiger partial charge on any atom is -0.348 e. The molecule has 1 aromatic carbocycles. The lowest BCUT2D eigenvalue weighted by atomic mass is 10.1. The van der Waals surface area contributed by atoms with Gasteiger partial charge in [-0.15, -0.1) is 0 Å². The van der Waals surface area contributed by atoms with Gasteiger partial charge in [0.15, 0.2) is 0 Å². The summed E-state index contributed by atoms with van der Waals surface area (Å²) < 4.78 is 14.7. The molecule has 0 bridgehead atoms. The number of hydrogen-bond donors (Lipinski definition) is 2. The zero-order valence-corrected chi connectivity index (χ0v) is 12.3. The van der Waals surface area contributed by atoms with Crippen molar-refractivity contribution in [3.8, 4) is 0 Å². The van der Waals surface area contributed by atoms with Crippen LogP contribution < -0.4 is 10.6 Å². The number of carbonyl (C=O) groups excluding carboxylic acids is 1. The largest absolute Gasteiger partial charge is 0.348 e. The molecule has 3 rings (SSSR count). The SMILES string of the molecule is O=C(NCc1ccc(F)cc1)c1cnn(C2CCCNC2)c1. The minimum absolute atomic E-state index is 0.167. The van der Waals surface area contributed by atoms with Crippen molar-refractivity contribution in [2.24, 2.45) is 0 Å². The smallest absolute Gasteiger partial charge is 0.254 e. The Balaban J connectivity index is 1.58. The van der Waals surface area contributed by atoms with Crippen LogP contribution in [0.25, 0.3) is 0 Å². The first-order valence-electron chi connectivity index (χ1n) is 7.50. The molecule has 1 saturated heterocycles. The van der Waals surface area contributed by atoms with Gasteiger partial charge in [-0.05, 0) is 37.1 Å². The number of halogens is 1. The lowest BCUT2D eigenvalue weighted by molar-refractivity contribution is 0.0950. The number of rotatable bonds is 4. The van der Waals surface area contributed by atoms with Crippen LogP contribution in [0, 0.1) is 5.82 Å². The Morgan fingerprint density at radius 2 is 2.23 bits per heavy atom. The Bertz CT molecular complexity index is 632. The van der Waals surface area contributed by atoms with Crippen molar-refractivity contribution in [2.75, 3.05) is 13.1 Å². The van der Waals surface area contributed by atoms with Crippen LogP contribution in [-0.4, -0.2) is 28.8 Å². The lowest BCUT2D eigenvalue weighted by Crippen LogP contribution is -2.31. The summed E-state index contributed by atoms with van der Waals surface area (Å²) in [7, 11) is 0. The fraction of sp³-hybridized carbons (Fsp3) is 0.375. The molecule has 0 saturated carbocycles. The predicted molar refractivity (Wildman–Crippen MR) is 80.9 cm³/mol.